The lowest BCUT2D eigenvalue weighted by atomic mass is 9.89. The zero-order valence-corrected chi connectivity index (χ0v) is 18.9. The molecule has 2 N–H and O–H groups in total. The van der Waals surface area contributed by atoms with E-state index in [-0.39, 0.29) is 17.5 Å². The summed E-state index contributed by atoms with van der Waals surface area (Å²) in [5.74, 6) is 0.589. The van der Waals surface area contributed by atoms with Crippen molar-refractivity contribution in [2.75, 3.05) is 0 Å². The first-order valence-electron chi connectivity index (χ1n) is 11.5. The number of aromatic amines is 1. The van der Waals surface area contributed by atoms with Crippen LogP contribution in [0.3, 0.4) is 0 Å². The molecule has 1 amide bonds. The van der Waals surface area contributed by atoms with E-state index in [0.717, 1.165) is 41.5 Å². The van der Waals surface area contributed by atoms with E-state index in [1.807, 2.05) is 6.92 Å². The van der Waals surface area contributed by atoms with Crippen LogP contribution in [0.4, 0.5) is 0 Å². The molecule has 5 rings (SSSR count). The second-order valence-corrected chi connectivity index (χ2v) is 10.0. The normalized spacial score (nSPS) is 16.5. The summed E-state index contributed by atoms with van der Waals surface area (Å²) in [4.78, 5) is 35.0. The Morgan fingerprint density at radius 1 is 1.13 bits per heavy atom. The first-order chi connectivity index (χ1) is 15.1. The quantitative estimate of drug-likeness (QED) is 0.617. The van der Waals surface area contributed by atoms with Crippen LogP contribution in [0.15, 0.2) is 23.0 Å². The van der Waals surface area contributed by atoms with Crippen LogP contribution in [0.25, 0.3) is 10.2 Å². The summed E-state index contributed by atoms with van der Waals surface area (Å²) in [7, 11) is 0. The van der Waals surface area contributed by atoms with Gasteiger partial charge in [0.05, 0.1) is 11.4 Å². The number of thiophene rings is 1. The first kappa shape index (κ1) is 20.4. The number of nitrogens with one attached hydrogen (secondary N) is 2. The minimum Gasteiger partial charge on any atom is -0.350 e. The summed E-state index contributed by atoms with van der Waals surface area (Å²) < 4.78 is 0. The number of nitrogens with zero attached hydrogens (tertiary/aromatic N) is 1. The number of H-pyrrole nitrogens is 1. The molecule has 1 unspecified atom stereocenters. The highest BCUT2D eigenvalue weighted by Gasteiger charge is 2.20. The van der Waals surface area contributed by atoms with Gasteiger partial charge in [0, 0.05) is 17.7 Å². The molecular formula is C25H29N3O2S. The number of carbonyl (C=O) groups is 1. The number of benzene rings is 1. The number of fused-ring (bicyclic) bond motifs is 4. The Balaban J connectivity index is 1.24. The highest BCUT2D eigenvalue weighted by molar-refractivity contribution is 7.18. The lowest BCUT2D eigenvalue weighted by Gasteiger charge is -2.20. The van der Waals surface area contributed by atoms with E-state index in [1.54, 1.807) is 11.3 Å². The Kier molecular flexibility index (Phi) is 5.65. The van der Waals surface area contributed by atoms with Crippen molar-refractivity contribution in [2.45, 2.75) is 77.2 Å². The molecule has 6 heteroatoms. The molecule has 5 nitrogen and oxygen atoms in total. The monoisotopic (exact) mass is 435 g/mol. The molecule has 162 valence electrons. The van der Waals surface area contributed by atoms with Crippen LogP contribution in [-0.4, -0.2) is 15.9 Å². The fourth-order valence-corrected chi connectivity index (χ4v) is 6.26. The van der Waals surface area contributed by atoms with E-state index in [0.29, 0.717) is 18.7 Å². The van der Waals surface area contributed by atoms with E-state index in [4.69, 9.17) is 0 Å². The van der Waals surface area contributed by atoms with Crippen molar-refractivity contribution in [3.8, 4) is 0 Å². The fraction of sp³-hybridized carbons (Fsp3) is 0.480. The number of rotatable bonds is 5. The molecule has 0 fully saturated rings. The van der Waals surface area contributed by atoms with Gasteiger partial charge in [-0.25, -0.2) is 4.98 Å². The van der Waals surface area contributed by atoms with E-state index < -0.39 is 0 Å². The SMILES string of the molecule is CC(NC(=O)CCc1nc2sc3c(c2c(=O)[nH]1)CCCC3)c1ccc2c(c1)CCCC2. The van der Waals surface area contributed by atoms with Crippen molar-refractivity contribution < 1.29 is 4.79 Å². The molecule has 1 aromatic carbocycles. The second kappa shape index (κ2) is 8.58. The third-order valence-corrected chi connectivity index (χ3v) is 7.90. The van der Waals surface area contributed by atoms with Gasteiger partial charge in [0.25, 0.3) is 5.56 Å². The lowest BCUT2D eigenvalue weighted by Crippen LogP contribution is -2.27. The minimum absolute atomic E-state index is 0.0153. The topological polar surface area (TPSA) is 74.8 Å². The average Bonchev–Trinajstić information content (AvgIpc) is 3.16. The Hall–Kier alpha value is -2.47. The Bertz CT molecular complexity index is 1190. The van der Waals surface area contributed by atoms with Gasteiger partial charge in [0.2, 0.25) is 5.91 Å². The van der Waals surface area contributed by atoms with Crippen LogP contribution in [0.5, 0.6) is 0 Å². The highest BCUT2D eigenvalue weighted by atomic mass is 32.1. The molecule has 2 aromatic heterocycles. The van der Waals surface area contributed by atoms with Gasteiger partial charge in [-0.3, -0.25) is 9.59 Å². The summed E-state index contributed by atoms with van der Waals surface area (Å²) in [6.07, 6.45) is 9.93. The third kappa shape index (κ3) is 4.18. The molecular weight excluding hydrogens is 406 g/mol. The summed E-state index contributed by atoms with van der Waals surface area (Å²) in [6, 6.07) is 6.58. The van der Waals surface area contributed by atoms with E-state index in [9.17, 15) is 9.59 Å². The number of amides is 1. The summed E-state index contributed by atoms with van der Waals surface area (Å²) >= 11 is 1.65. The van der Waals surface area contributed by atoms with E-state index >= 15 is 0 Å². The Morgan fingerprint density at radius 2 is 1.90 bits per heavy atom. The lowest BCUT2D eigenvalue weighted by molar-refractivity contribution is -0.121. The highest BCUT2D eigenvalue weighted by Crippen LogP contribution is 2.33. The third-order valence-electron chi connectivity index (χ3n) is 6.71. The van der Waals surface area contributed by atoms with Crippen molar-refractivity contribution in [1.82, 2.24) is 15.3 Å². The van der Waals surface area contributed by atoms with Gasteiger partial charge in [-0.15, -0.1) is 11.3 Å². The molecule has 0 saturated heterocycles. The first-order valence-corrected chi connectivity index (χ1v) is 12.3. The van der Waals surface area contributed by atoms with Crippen LogP contribution in [0.2, 0.25) is 0 Å². The van der Waals surface area contributed by atoms with Crippen LogP contribution in [0, 0.1) is 0 Å². The van der Waals surface area contributed by atoms with Crippen LogP contribution in [-0.2, 0) is 36.9 Å². The van der Waals surface area contributed by atoms with Gasteiger partial charge < -0.3 is 10.3 Å². The minimum atomic E-state index is -0.0535. The number of aromatic nitrogens is 2. The van der Waals surface area contributed by atoms with E-state index in [2.05, 4.69) is 33.5 Å². The number of carbonyl (C=O) groups excluding carboxylic acids is 1. The van der Waals surface area contributed by atoms with E-state index in [1.165, 1.54) is 47.3 Å². The molecule has 0 radical (unpaired) electrons. The van der Waals surface area contributed by atoms with Crippen molar-refractivity contribution in [1.29, 1.82) is 0 Å². The molecule has 0 saturated carbocycles. The summed E-state index contributed by atoms with van der Waals surface area (Å²) in [5, 5.41) is 3.88. The van der Waals surface area contributed by atoms with Gasteiger partial charge >= 0.3 is 0 Å². The van der Waals surface area contributed by atoms with Gasteiger partial charge in [0.1, 0.15) is 10.7 Å². The van der Waals surface area contributed by atoms with Gasteiger partial charge in [-0.05, 0) is 80.5 Å². The maximum Gasteiger partial charge on any atom is 0.259 e. The van der Waals surface area contributed by atoms with Gasteiger partial charge in [0.15, 0.2) is 0 Å². The summed E-state index contributed by atoms with van der Waals surface area (Å²) in [5.41, 5.74) is 5.18. The number of hydrogen-bond acceptors (Lipinski definition) is 4. The standard InChI is InChI=1S/C25H29N3O2S/c1-15(17-11-10-16-6-2-3-7-18(16)14-17)26-22(29)13-12-21-27-24(30)23-19-8-4-5-9-20(19)31-25(23)28-21/h10-11,14-15H,2-9,12-13H2,1H3,(H,26,29)(H,27,28,30). The van der Waals surface area contributed by atoms with Crippen molar-refractivity contribution in [2.24, 2.45) is 0 Å². The largest absolute Gasteiger partial charge is 0.350 e. The molecule has 2 heterocycles. The van der Waals surface area contributed by atoms with Crippen molar-refractivity contribution >= 4 is 27.5 Å². The Labute approximate surface area is 186 Å². The zero-order valence-electron chi connectivity index (χ0n) is 18.1. The van der Waals surface area contributed by atoms with Crippen LogP contribution in [0.1, 0.15) is 78.0 Å². The van der Waals surface area contributed by atoms with Gasteiger partial charge in [-0.1, -0.05) is 18.2 Å². The molecule has 2 aliphatic rings. The molecule has 2 aliphatic carbocycles. The van der Waals surface area contributed by atoms with Crippen LogP contribution >= 0.6 is 11.3 Å². The molecule has 0 spiro atoms. The molecule has 0 bridgehead atoms. The predicted molar refractivity (Wildman–Crippen MR) is 125 cm³/mol. The molecule has 3 aromatic rings. The second-order valence-electron chi connectivity index (χ2n) is 8.93. The van der Waals surface area contributed by atoms with Crippen molar-refractivity contribution in [3.63, 3.8) is 0 Å². The van der Waals surface area contributed by atoms with Crippen LogP contribution < -0.4 is 10.9 Å². The molecule has 0 aliphatic heterocycles. The molecule has 1 atom stereocenters. The molecule has 31 heavy (non-hydrogen) atoms. The Morgan fingerprint density at radius 3 is 2.77 bits per heavy atom. The van der Waals surface area contributed by atoms with Gasteiger partial charge in [-0.2, -0.15) is 0 Å². The fourth-order valence-electron chi connectivity index (χ4n) is 4.98. The average molecular weight is 436 g/mol. The summed E-state index contributed by atoms with van der Waals surface area (Å²) in [6.45, 7) is 2.03. The zero-order chi connectivity index (χ0) is 21.4. The predicted octanol–water partition coefficient (Wildman–Crippen LogP) is 4.55. The number of hydrogen-bond donors (Lipinski definition) is 2. The number of aryl methyl sites for hydroxylation is 5. The smallest absolute Gasteiger partial charge is 0.259 e. The van der Waals surface area contributed by atoms with Crippen molar-refractivity contribution in [3.05, 3.63) is 61.5 Å². The maximum atomic E-state index is 12.7. The maximum absolute atomic E-state index is 12.7.